The minimum atomic E-state index is 0.147. The van der Waals surface area contributed by atoms with Crippen molar-refractivity contribution in [2.75, 3.05) is 18.0 Å². The van der Waals surface area contributed by atoms with Crippen LogP contribution in [-0.4, -0.2) is 45.9 Å². The van der Waals surface area contributed by atoms with Gasteiger partial charge in [-0.2, -0.15) is 0 Å². The van der Waals surface area contributed by atoms with E-state index < -0.39 is 0 Å². The maximum atomic E-state index is 13.4. The summed E-state index contributed by atoms with van der Waals surface area (Å²) in [6.07, 6.45) is 9.21. The third-order valence-electron chi connectivity index (χ3n) is 6.10. The van der Waals surface area contributed by atoms with Crippen molar-refractivity contribution in [3.63, 3.8) is 0 Å². The molecule has 1 saturated heterocycles. The van der Waals surface area contributed by atoms with Crippen LogP contribution >= 0.6 is 0 Å². The molecule has 0 atom stereocenters. The van der Waals surface area contributed by atoms with E-state index in [1.807, 2.05) is 30.5 Å². The number of pyridine rings is 1. The Balaban J connectivity index is 1.28. The maximum absolute atomic E-state index is 13.4. The van der Waals surface area contributed by atoms with Gasteiger partial charge in [0.25, 0.3) is 5.91 Å². The topological polar surface area (TPSA) is 62.5 Å². The van der Waals surface area contributed by atoms with E-state index in [2.05, 4.69) is 38.8 Å². The molecule has 1 amide bonds. The van der Waals surface area contributed by atoms with E-state index in [1.54, 1.807) is 6.20 Å². The lowest BCUT2D eigenvalue weighted by molar-refractivity contribution is 0.0630. The Kier molecular flexibility index (Phi) is 4.99. The number of carbonyl (C=O) groups excluding carboxylic acids is 1. The molecule has 2 aromatic heterocycles. The highest BCUT2D eigenvalue weighted by Gasteiger charge is 2.39. The fourth-order valence-electron chi connectivity index (χ4n) is 4.29. The standard InChI is InChI=1S/C24H26N4O2/c1-17-2-9-23(26-14-17)27-12-10-21(11-13-27)28(20-7-8-20)24(29)19-5-3-18(4-6-19)22-15-25-16-30-22/h2-6,9,14-16,20-21H,7-8,10-13H2,1H3. The van der Waals surface area contributed by atoms with E-state index in [9.17, 15) is 4.79 Å². The number of hydrogen-bond donors (Lipinski definition) is 0. The first-order chi connectivity index (χ1) is 14.7. The van der Waals surface area contributed by atoms with Gasteiger partial charge in [0.2, 0.25) is 0 Å². The van der Waals surface area contributed by atoms with E-state index >= 15 is 0 Å². The van der Waals surface area contributed by atoms with Crippen molar-refractivity contribution in [2.45, 2.75) is 44.7 Å². The number of anilines is 1. The maximum Gasteiger partial charge on any atom is 0.254 e. The number of piperidine rings is 1. The molecule has 0 unspecified atom stereocenters. The molecule has 6 nitrogen and oxygen atoms in total. The lowest BCUT2D eigenvalue weighted by Gasteiger charge is -2.39. The number of benzene rings is 1. The van der Waals surface area contributed by atoms with Crippen LogP contribution in [0, 0.1) is 6.92 Å². The zero-order chi connectivity index (χ0) is 20.5. The van der Waals surface area contributed by atoms with Gasteiger partial charge in [0, 0.05) is 42.5 Å². The van der Waals surface area contributed by atoms with Crippen LogP contribution in [0.1, 0.15) is 41.6 Å². The van der Waals surface area contributed by atoms with Gasteiger partial charge >= 0.3 is 0 Å². The molecule has 2 fully saturated rings. The smallest absolute Gasteiger partial charge is 0.254 e. The first-order valence-corrected chi connectivity index (χ1v) is 10.7. The summed E-state index contributed by atoms with van der Waals surface area (Å²) in [5, 5.41) is 0. The normalized spacial score (nSPS) is 17.2. The number of nitrogens with zero attached hydrogens (tertiary/aromatic N) is 4. The highest BCUT2D eigenvalue weighted by atomic mass is 16.3. The van der Waals surface area contributed by atoms with Crippen molar-refractivity contribution in [3.05, 3.63) is 66.3 Å². The quantitative estimate of drug-likeness (QED) is 0.636. The van der Waals surface area contributed by atoms with E-state index in [0.29, 0.717) is 17.8 Å². The molecule has 0 radical (unpaired) electrons. The van der Waals surface area contributed by atoms with Crippen LogP contribution in [0.5, 0.6) is 0 Å². The van der Waals surface area contributed by atoms with Crippen LogP contribution in [0.2, 0.25) is 0 Å². The third-order valence-corrected chi connectivity index (χ3v) is 6.10. The summed E-state index contributed by atoms with van der Waals surface area (Å²) < 4.78 is 5.35. The minimum absolute atomic E-state index is 0.147. The summed E-state index contributed by atoms with van der Waals surface area (Å²) in [5.41, 5.74) is 2.85. The highest BCUT2D eigenvalue weighted by Crippen LogP contribution is 2.34. The molecule has 0 spiro atoms. The van der Waals surface area contributed by atoms with Gasteiger partial charge in [-0.15, -0.1) is 0 Å². The van der Waals surface area contributed by atoms with Gasteiger partial charge in [0.05, 0.1) is 6.20 Å². The molecule has 0 N–H and O–H groups in total. The minimum Gasteiger partial charge on any atom is -0.444 e. The van der Waals surface area contributed by atoms with Gasteiger partial charge in [-0.1, -0.05) is 18.2 Å². The van der Waals surface area contributed by atoms with Gasteiger partial charge in [-0.3, -0.25) is 4.79 Å². The lowest BCUT2D eigenvalue weighted by Crippen LogP contribution is -2.48. The average Bonchev–Trinajstić information content (AvgIpc) is 3.46. The Morgan fingerprint density at radius 2 is 1.73 bits per heavy atom. The van der Waals surface area contributed by atoms with Crippen molar-refractivity contribution < 1.29 is 9.21 Å². The van der Waals surface area contributed by atoms with E-state index in [4.69, 9.17) is 4.42 Å². The first kappa shape index (κ1) is 18.9. The average molecular weight is 402 g/mol. The van der Waals surface area contributed by atoms with E-state index in [1.165, 1.54) is 12.0 Å². The molecule has 0 bridgehead atoms. The second kappa shape index (κ2) is 7.94. The van der Waals surface area contributed by atoms with E-state index in [-0.39, 0.29) is 5.91 Å². The van der Waals surface area contributed by atoms with Crippen LogP contribution < -0.4 is 4.90 Å². The van der Waals surface area contributed by atoms with Crippen molar-refractivity contribution in [1.82, 2.24) is 14.9 Å². The van der Waals surface area contributed by atoms with Crippen LogP contribution in [0.25, 0.3) is 11.3 Å². The molecule has 3 aromatic rings. The lowest BCUT2D eigenvalue weighted by atomic mass is 10.0. The molecule has 5 rings (SSSR count). The summed E-state index contributed by atoms with van der Waals surface area (Å²) in [4.78, 5) is 26.4. The van der Waals surface area contributed by atoms with Gasteiger partial charge in [0.15, 0.2) is 12.2 Å². The fraction of sp³-hybridized carbons (Fsp3) is 0.375. The summed E-state index contributed by atoms with van der Waals surface area (Å²) in [7, 11) is 0. The van der Waals surface area contributed by atoms with Gasteiger partial charge in [-0.25, -0.2) is 9.97 Å². The number of aryl methyl sites for hydroxylation is 1. The molecule has 1 aliphatic carbocycles. The molecular formula is C24H26N4O2. The molecule has 2 aliphatic rings. The SMILES string of the molecule is Cc1ccc(N2CCC(N(C(=O)c3ccc(-c4cnco4)cc3)C3CC3)CC2)nc1. The number of rotatable bonds is 5. The Labute approximate surface area is 176 Å². The van der Waals surface area contributed by atoms with Crippen LogP contribution in [0.4, 0.5) is 5.82 Å². The molecule has 154 valence electrons. The Morgan fingerprint density at radius 3 is 2.33 bits per heavy atom. The van der Waals surface area contributed by atoms with Crippen molar-refractivity contribution in [3.8, 4) is 11.3 Å². The van der Waals surface area contributed by atoms with Gasteiger partial charge < -0.3 is 14.2 Å². The monoisotopic (exact) mass is 402 g/mol. The summed E-state index contributed by atoms with van der Waals surface area (Å²) >= 11 is 0. The second-order valence-corrected chi connectivity index (χ2v) is 8.30. The first-order valence-electron chi connectivity index (χ1n) is 10.7. The van der Waals surface area contributed by atoms with Crippen molar-refractivity contribution >= 4 is 11.7 Å². The summed E-state index contributed by atoms with van der Waals surface area (Å²) in [6.45, 7) is 3.92. The van der Waals surface area contributed by atoms with Crippen molar-refractivity contribution in [2.24, 2.45) is 0 Å². The molecule has 30 heavy (non-hydrogen) atoms. The molecular weight excluding hydrogens is 376 g/mol. The second-order valence-electron chi connectivity index (χ2n) is 8.30. The van der Waals surface area contributed by atoms with Crippen LogP contribution in [0.3, 0.4) is 0 Å². The van der Waals surface area contributed by atoms with E-state index in [0.717, 1.165) is 55.7 Å². The predicted molar refractivity (Wildman–Crippen MR) is 115 cm³/mol. The van der Waals surface area contributed by atoms with Gasteiger partial charge in [0.1, 0.15) is 5.82 Å². The Hall–Kier alpha value is -3.15. The third kappa shape index (κ3) is 3.82. The number of carbonyl (C=O) groups is 1. The summed E-state index contributed by atoms with van der Waals surface area (Å²) in [6, 6.07) is 12.6. The highest BCUT2D eigenvalue weighted by molar-refractivity contribution is 5.95. The van der Waals surface area contributed by atoms with Crippen molar-refractivity contribution in [1.29, 1.82) is 0 Å². The number of hydrogen-bond acceptors (Lipinski definition) is 5. The number of amides is 1. The van der Waals surface area contributed by atoms with Crippen LogP contribution in [0.15, 0.2) is 59.6 Å². The number of oxazole rings is 1. The predicted octanol–water partition coefficient (Wildman–Crippen LogP) is 4.32. The number of aromatic nitrogens is 2. The fourth-order valence-corrected chi connectivity index (χ4v) is 4.29. The molecule has 6 heteroatoms. The Morgan fingerprint density at radius 1 is 1.00 bits per heavy atom. The zero-order valence-electron chi connectivity index (χ0n) is 17.2. The largest absolute Gasteiger partial charge is 0.444 e. The van der Waals surface area contributed by atoms with Gasteiger partial charge in [-0.05, 0) is 56.4 Å². The molecule has 3 heterocycles. The molecule has 1 saturated carbocycles. The van der Waals surface area contributed by atoms with Crippen LogP contribution in [-0.2, 0) is 0 Å². The molecule has 1 aliphatic heterocycles. The Bertz CT molecular complexity index is 987. The summed E-state index contributed by atoms with van der Waals surface area (Å²) in [5.74, 6) is 1.89. The zero-order valence-corrected chi connectivity index (χ0v) is 17.2. The molecule has 1 aromatic carbocycles.